The lowest BCUT2D eigenvalue weighted by atomic mass is 10.1. The van der Waals surface area contributed by atoms with Gasteiger partial charge in [-0.05, 0) is 30.3 Å². The number of fused-ring (bicyclic) bond motifs is 1. The number of rotatable bonds is 7. The molecule has 0 spiro atoms. The number of ether oxygens (including phenoxy) is 3. The first-order chi connectivity index (χ1) is 12.8. The molecule has 26 heavy (non-hydrogen) atoms. The van der Waals surface area contributed by atoms with E-state index < -0.39 is 0 Å². The average molecular weight is 356 g/mol. The monoisotopic (exact) mass is 356 g/mol. The Balaban J connectivity index is 1.26. The van der Waals surface area contributed by atoms with Crippen LogP contribution in [-0.4, -0.2) is 24.5 Å². The molecule has 0 atom stereocenters. The molecule has 134 valence electrons. The Bertz CT molecular complexity index is 887. The lowest BCUT2D eigenvalue weighted by Crippen LogP contribution is -2.26. The van der Waals surface area contributed by atoms with Crippen molar-refractivity contribution in [3.63, 3.8) is 0 Å². The van der Waals surface area contributed by atoms with Crippen LogP contribution >= 0.6 is 0 Å². The zero-order valence-electron chi connectivity index (χ0n) is 13.8. The van der Waals surface area contributed by atoms with Crippen LogP contribution in [0.3, 0.4) is 0 Å². The number of hydrogen-bond acceptors (Lipinski definition) is 7. The Hall–Kier alpha value is -3.26. The molecule has 0 bridgehead atoms. The second kappa shape index (κ2) is 7.32. The number of aromatic nitrogens is 1. The van der Waals surface area contributed by atoms with Gasteiger partial charge in [-0.15, -0.1) is 0 Å². The van der Waals surface area contributed by atoms with E-state index in [1.165, 1.54) is 0 Å². The molecule has 2 aromatic heterocycles. The van der Waals surface area contributed by atoms with Gasteiger partial charge in [0.2, 0.25) is 12.7 Å². The molecule has 3 aromatic rings. The van der Waals surface area contributed by atoms with Gasteiger partial charge in [-0.25, -0.2) is 0 Å². The van der Waals surface area contributed by atoms with Crippen molar-refractivity contribution in [3.05, 3.63) is 54.1 Å². The first-order valence-electron chi connectivity index (χ1n) is 8.00. The summed E-state index contributed by atoms with van der Waals surface area (Å²) in [5.74, 6) is 2.41. The van der Waals surface area contributed by atoms with Gasteiger partial charge in [-0.3, -0.25) is 4.79 Å². The van der Waals surface area contributed by atoms with Crippen molar-refractivity contribution in [2.24, 2.45) is 0 Å². The smallest absolute Gasteiger partial charge is 0.246 e. The molecule has 1 aliphatic rings. The molecule has 0 radical (unpaired) electrons. The van der Waals surface area contributed by atoms with Crippen LogP contribution in [-0.2, 0) is 22.7 Å². The van der Waals surface area contributed by atoms with Gasteiger partial charge >= 0.3 is 0 Å². The highest BCUT2D eigenvalue weighted by molar-refractivity contribution is 5.77. The number of amides is 1. The van der Waals surface area contributed by atoms with Crippen LogP contribution in [0.4, 0.5) is 0 Å². The molecule has 1 aromatic carbocycles. The molecular formula is C18H16N2O6. The van der Waals surface area contributed by atoms with Crippen molar-refractivity contribution in [2.75, 3.05) is 13.4 Å². The van der Waals surface area contributed by atoms with Gasteiger partial charge in [-0.1, -0.05) is 5.16 Å². The van der Waals surface area contributed by atoms with Crippen LogP contribution in [0.5, 0.6) is 11.5 Å². The van der Waals surface area contributed by atoms with E-state index in [0.29, 0.717) is 35.3 Å². The highest BCUT2D eigenvalue weighted by Gasteiger charge is 2.16. The Morgan fingerprint density at radius 1 is 1.19 bits per heavy atom. The number of furan rings is 1. The summed E-state index contributed by atoms with van der Waals surface area (Å²) in [6.45, 7) is 0.638. The van der Waals surface area contributed by atoms with Gasteiger partial charge in [0.25, 0.3) is 0 Å². The highest BCUT2D eigenvalue weighted by atomic mass is 16.7. The summed E-state index contributed by atoms with van der Waals surface area (Å²) < 4.78 is 26.5. The van der Waals surface area contributed by atoms with Gasteiger partial charge in [0.15, 0.2) is 17.3 Å². The van der Waals surface area contributed by atoms with Crippen LogP contribution in [0.1, 0.15) is 11.5 Å². The number of carbonyl (C=O) groups excluding carboxylic acids is 1. The summed E-state index contributed by atoms with van der Waals surface area (Å²) in [5, 5.41) is 6.65. The molecule has 0 saturated carbocycles. The highest BCUT2D eigenvalue weighted by Crippen LogP contribution is 2.36. The van der Waals surface area contributed by atoms with Crippen LogP contribution in [0.2, 0.25) is 0 Å². The Morgan fingerprint density at radius 3 is 3.00 bits per heavy atom. The van der Waals surface area contributed by atoms with Gasteiger partial charge in [0.05, 0.1) is 19.4 Å². The molecule has 0 fully saturated rings. The van der Waals surface area contributed by atoms with Crippen molar-refractivity contribution in [1.29, 1.82) is 0 Å². The molecular weight excluding hydrogens is 340 g/mol. The number of hydrogen-bond donors (Lipinski definition) is 1. The third-order valence-corrected chi connectivity index (χ3v) is 3.74. The van der Waals surface area contributed by atoms with Gasteiger partial charge in [-0.2, -0.15) is 0 Å². The number of nitrogens with one attached hydrogen (secondary N) is 1. The molecule has 1 amide bonds. The summed E-state index contributed by atoms with van der Waals surface area (Å²) in [6, 6.07) is 10.8. The minimum Gasteiger partial charge on any atom is -0.467 e. The summed E-state index contributed by atoms with van der Waals surface area (Å²) >= 11 is 0. The molecule has 1 N–H and O–H groups in total. The van der Waals surface area contributed by atoms with Crippen LogP contribution < -0.4 is 14.8 Å². The zero-order valence-corrected chi connectivity index (χ0v) is 13.8. The van der Waals surface area contributed by atoms with Gasteiger partial charge < -0.3 is 28.5 Å². The summed E-state index contributed by atoms with van der Waals surface area (Å²) in [5.41, 5.74) is 1.42. The first-order valence-corrected chi connectivity index (χ1v) is 8.00. The summed E-state index contributed by atoms with van der Waals surface area (Å²) in [7, 11) is 0. The summed E-state index contributed by atoms with van der Waals surface area (Å²) in [6.07, 6.45) is 1.56. The third kappa shape index (κ3) is 3.70. The number of carbonyl (C=O) groups is 1. The predicted octanol–water partition coefficient (Wildman–Crippen LogP) is 2.50. The molecule has 8 heteroatoms. The van der Waals surface area contributed by atoms with Gasteiger partial charge in [0, 0.05) is 11.6 Å². The fourth-order valence-corrected chi connectivity index (χ4v) is 2.46. The third-order valence-electron chi connectivity index (χ3n) is 3.74. The van der Waals surface area contributed by atoms with Crippen molar-refractivity contribution in [2.45, 2.75) is 13.2 Å². The standard InChI is InChI=1S/C18H16N2O6/c21-18(19-8-14-2-1-5-23-14)10-22-9-13-7-16(26-20-13)12-3-4-15-17(6-12)25-11-24-15/h1-7H,8-11H2,(H,19,21). The van der Waals surface area contributed by atoms with E-state index in [2.05, 4.69) is 10.5 Å². The van der Waals surface area contributed by atoms with Crippen molar-refractivity contribution in [1.82, 2.24) is 10.5 Å². The Kier molecular flexibility index (Phi) is 4.57. The zero-order chi connectivity index (χ0) is 17.8. The van der Waals surface area contributed by atoms with Gasteiger partial charge in [0.1, 0.15) is 18.1 Å². The maximum atomic E-state index is 11.7. The molecule has 0 saturated heterocycles. The fraction of sp³-hybridized carbons (Fsp3) is 0.222. The fourth-order valence-electron chi connectivity index (χ4n) is 2.46. The van der Waals surface area contributed by atoms with Crippen molar-refractivity contribution >= 4 is 5.91 Å². The minimum absolute atomic E-state index is 0.0765. The predicted molar refractivity (Wildman–Crippen MR) is 88.3 cm³/mol. The summed E-state index contributed by atoms with van der Waals surface area (Å²) in [4.78, 5) is 11.7. The second-order valence-corrected chi connectivity index (χ2v) is 5.60. The SMILES string of the molecule is O=C(COCc1cc(-c2ccc3c(c2)OCO3)on1)NCc1ccco1. The first kappa shape index (κ1) is 16.2. The van der Waals surface area contributed by atoms with E-state index in [9.17, 15) is 4.79 Å². The van der Waals surface area contributed by atoms with E-state index in [-0.39, 0.29) is 25.9 Å². The largest absolute Gasteiger partial charge is 0.467 e. The molecule has 0 unspecified atom stereocenters. The van der Waals surface area contributed by atoms with E-state index in [0.717, 1.165) is 5.56 Å². The molecule has 0 aliphatic carbocycles. The Morgan fingerprint density at radius 2 is 2.12 bits per heavy atom. The minimum atomic E-state index is -0.235. The van der Waals surface area contributed by atoms with E-state index in [1.54, 1.807) is 24.5 Å². The quantitative estimate of drug-likeness (QED) is 0.695. The van der Waals surface area contributed by atoms with E-state index in [1.807, 2.05) is 18.2 Å². The lowest BCUT2D eigenvalue weighted by molar-refractivity contribution is -0.126. The van der Waals surface area contributed by atoms with E-state index in [4.69, 9.17) is 23.2 Å². The van der Waals surface area contributed by atoms with Crippen LogP contribution in [0.25, 0.3) is 11.3 Å². The molecule has 4 rings (SSSR count). The number of benzene rings is 1. The maximum Gasteiger partial charge on any atom is 0.246 e. The van der Waals surface area contributed by atoms with Crippen LogP contribution in [0, 0.1) is 0 Å². The molecule has 8 nitrogen and oxygen atoms in total. The lowest BCUT2D eigenvalue weighted by Gasteiger charge is -2.03. The topological polar surface area (TPSA) is 96.0 Å². The maximum absolute atomic E-state index is 11.7. The van der Waals surface area contributed by atoms with E-state index >= 15 is 0 Å². The average Bonchev–Trinajstić information content (AvgIpc) is 3.40. The normalized spacial score (nSPS) is 12.3. The van der Waals surface area contributed by atoms with Crippen molar-refractivity contribution in [3.8, 4) is 22.8 Å². The molecule has 3 heterocycles. The number of nitrogens with zero attached hydrogens (tertiary/aromatic N) is 1. The van der Waals surface area contributed by atoms with Crippen LogP contribution in [0.15, 0.2) is 51.6 Å². The molecule has 1 aliphatic heterocycles. The second-order valence-electron chi connectivity index (χ2n) is 5.60. The van der Waals surface area contributed by atoms with Crippen molar-refractivity contribution < 1.29 is 27.9 Å². The Labute approximate surface area is 148 Å².